The molecule has 2 aromatic heterocycles. The molecule has 3 aliphatic rings. The second-order valence-corrected chi connectivity index (χ2v) is 16.2. The molecule has 0 saturated carbocycles. The molecule has 2 fully saturated rings. The Bertz CT molecular complexity index is 2660. The zero-order valence-corrected chi connectivity index (χ0v) is 34.5. The Kier molecular flexibility index (Phi) is 10.6. The number of imidazole rings is 2. The Morgan fingerprint density at radius 2 is 1.52 bits per heavy atom. The molecule has 2 saturated heterocycles. The van der Waals surface area contributed by atoms with Crippen LogP contribution >= 0.6 is 0 Å². The molecule has 4 atom stereocenters. The molecule has 4 N–H and O–H groups in total. The Hall–Kier alpha value is -6.90. The maximum atomic E-state index is 14.0. The van der Waals surface area contributed by atoms with Gasteiger partial charge in [-0.25, -0.2) is 19.6 Å². The molecule has 0 spiro atoms. The maximum absolute atomic E-state index is 14.0. The summed E-state index contributed by atoms with van der Waals surface area (Å²) in [6, 6.07) is 21.6. The van der Waals surface area contributed by atoms with Gasteiger partial charge in [0.05, 0.1) is 49.2 Å². The molecule has 3 aliphatic heterocycles. The molecule has 314 valence electrons. The van der Waals surface area contributed by atoms with Crippen LogP contribution in [-0.4, -0.2) is 87.1 Å². The topological polar surface area (TPSA) is 184 Å². The zero-order chi connectivity index (χ0) is 42.4. The van der Waals surface area contributed by atoms with E-state index in [0.717, 1.165) is 81.2 Å². The Morgan fingerprint density at radius 3 is 2.26 bits per heavy atom. The molecule has 6 aromatic rings. The number of fused-ring (bicyclic) bond motifs is 6. The first-order valence-electron chi connectivity index (χ1n) is 20.7. The summed E-state index contributed by atoms with van der Waals surface area (Å²) in [6.07, 6.45) is 3.62. The predicted molar refractivity (Wildman–Crippen MR) is 227 cm³/mol. The number of methoxy groups -OCH3 is 2. The number of hydrogen-bond donors (Lipinski definition) is 4. The van der Waals surface area contributed by atoms with Crippen LogP contribution in [-0.2, 0) is 25.7 Å². The number of H-pyrrole nitrogens is 2. The van der Waals surface area contributed by atoms with Crippen LogP contribution in [0.15, 0.2) is 79.0 Å². The van der Waals surface area contributed by atoms with Gasteiger partial charge >= 0.3 is 12.2 Å². The number of carbonyl (C=O) groups excluding carboxylic acids is 4. The average Bonchev–Trinajstić information content (AvgIpc) is 4.13. The van der Waals surface area contributed by atoms with Crippen molar-refractivity contribution in [2.24, 2.45) is 5.92 Å². The fourth-order valence-electron chi connectivity index (χ4n) is 9.07. The number of benzene rings is 4. The number of rotatable bonds is 9. The fraction of sp³-hybridized carbons (Fsp3) is 0.348. The summed E-state index contributed by atoms with van der Waals surface area (Å²) in [7, 11) is 2.57. The minimum atomic E-state index is -0.894. The molecule has 4 amide bonds. The molecule has 0 unspecified atom stereocenters. The van der Waals surface area contributed by atoms with E-state index in [4.69, 9.17) is 24.2 Å². The number of amides is 4. The van der Waals surface area contributed by atoms with Crippen LogP contribution in [0.1, 0.15) is 80.4 Å². The normalized spacial score (nSPS) is 18.0. The molecule has 5 heterocycles. The van der Waals surface area contributed by atoms with Crippen molar-refractivity contribution in [3.8, 4) is 28.1 Å². The molecule has 61 heavy (non-hydrogen) atoms. The molecule has 15 nitrogen and oxygen atoms in total. The second kappa shape index (κ2) is 16.3. The van der Waals surface area contributed by atoms with E-state index in [0.29, 0.717) is 36.9 Å². The monoisotopic (exact) mass is 824 g/mol. The van der Waals surface area contributed by atoms with E-state index in [1.165, 1.54) is 14.2 Å². The standard InChI is InChI=1S/C46H48N8O7/c1-25(2)38(51-45(57)59-3)43(55)54-19-9-13-36(54)42-48-33-17-15-27-21-32-30-16-14-28(20-29(30)24-61-37(32)22-31(27)40(33)50-42)34-23-47-41(49-34)35-12-8-18-53(35)44(56)39(52-46(58)60-4)26-10-6-5-7-11-26/h5-7,10-11,14-17,20-23,25,35-36,38-39H,8-9,12-13,18-19,24H2,1-4H3,(H,47,49)(H,48,50)(H,51,57)(H,52,58)/t35-,36-,38-,39+/m0/s1. The average molecular weight is 825 g/mol. The van der Waals surface area contributed by atoms with Gasteiger partial charge in [-0.3, -0.25) is 9.59 Å². The summed E-state index contributed by atoms with van der Waals surface area (Å²) < 4.78 is 16.1. The van der Waals surface area contributed by atoms with Crippen LogP contribution in [0, 0.1) is 5.92 Å². The van der Waals surface area contributed by atoms with Crippen molar-refractivity contribution in [2.45, 2.75) is 70.3 Å². The van der Waals surface area contributed by atoms with Gasteiger partial charge in [0.2, 0.25) is 5.91 Å². The number of nitrogens with zero attached hydrogens (tertiary/aromatic N) is 4. The van der Waals surface area contributed by atoms with Crippen LogP contribution in [0.4, 0.5) is 9.59 Å². The van der Waals surface area contributed by atoms with E-state index in [-0.39, 0.29) is 29.8 Å². The van der Waals surface area contributed by atoms with Crippen molar-refractivity contribution in [2.75, 3.05) is 27.3 Å². The molecule has 15 heteroatoms. The van der Waals surface area contributed by atoms with Gasteiger partial charge in [-0.15, -0.1) is 0 Å². The summed E-state index contributed by atoms with van der Waals surface area (Å²) in [4.78, 5) is 72.5. The first-order valence-corrected chi connectivity index (χ1v) is 20.7. The third-order valence-electron chi connectivity index (χ3n) is 12.2. The molecule has 0 aliphatic carbocycles. The van der Waals surface area contributed by atoms with Crippen LogP contribution in [0.25, 0.3) is 44.2 Å². The van der Waals surface area contributed by atoms with Gasteiger partial charge in [0, 0.05) is 24.0 Å². The highest BCUT2D eigenvalue weighted by Crippen LogP contribution is 2.43. The molecular formula is C46H48N8O7. The quantitative estimate of drug-likeness (QED) is 0.115. The van der Waals surface area contributed by atoms with Crippen LogP contribution in [0.5, 0.6) is 5.75 Å². The molecule has 0 bridgehead atoms. The minimum Gasteiger partial charge on any atom is -0.488 e. The largest absolute Gasteiger partial charge is 0.488 e. The van der Waals surface area contributed by atoms with Gasteiger partial charge in [-0.05, 0) is 83.5 Å². The third kappa shape index (κ3) is 7.38. The fourth-order valence-corrected chi connectivity index (χ4v) is 9.07. The number of ether oxygens (including phenoxy) is 3. The van der Waals surface area contributed by atoms with Crippen LogP contribution < -0.4 is 15.4 Å². The van der Waals surface area contributed by atoms with Gasteiger partial charge < -0.3 is 44.6 Å². The van der Waals surface area contributed by atoms with Crippen molar-refractivity contribution in [3.05, 3.63) is 102 Å². The number of likely N-dealkylation sites (tertiary alicyclic amines) is 2. The number of alkyl carbamates (subject to hydrolysis) is 2. The van der Waals surface area contributed by atoms with Crippen LogP contribution in [0.3, 0.4) is 0 Å². The lowest BCUT2D eigenvalue weighted by atomic mass is 9.92. The van der Waals surface area contributed by atoms with Crippen molar-refractivity contribution >= 4 is 45.8 Å². The second-order valence-electron chi connectivity index (χ2n) is 16.2. The van der Waals surface area contributed by atoms with E-state index < -0.39 is 24.3 Å². The SMILES string of the molecule is COC(=O)N[C@H](C(=O)N1CCC[C@H]1c1nc2ccc3cc4c(cc3c2[nH]1)OCc1cc(-c2cnc([C@@H]3CCCN3C(=O)[C@H](NC(=O)OC)c3ccccc3)[nH]2)ccc1-4)C(C)C. The van der Waals surface area contributed by atoms with Gasteiger partial charge in [0.1, 0.15) is 36.1 Å². The molecule has 9 rings (SSSR count). The van der Waals surface area contributed by atoms with E-state index in [9.17, 15) is 19.2 Å². The Balaban J connectivity index is 0.954. The Morgan fingerprint density at radius 1 is 0.803 bits per heavy atom. The van der Waals surface area contributed by atoms with Gasteiger partial charge in [-0.1, -0.05) is 62.4 Å². The molecular weight excluding hydrogens is 777 g/mol. The highest BCUT2D eigenvalue weighted by molar-refractivity contribution is 6.07. The smallest absolute Gasteiger partial charge is 0.407 e. The number of hydrogen-bond acceptors (Lipinski definition) is 9. The predicted octanol–water partition coefficient (Wildman–Crippen LogP) is 7.47. The zero-order valence-electron chi connectivity index (χ0n) is 34.5. The lowest BCUT2D eigenvalue weighted by Crippen LogP contribution is -2.51. The van der Waals surface area contributed by atoms with Crippen LogP contribution in [0.2, 0.25) is 0 Å². The van der Waals surface area contributed by atoms with Gasteiger partial charge in [0.15, 0.2) is 0 Å². The maximum Gasteiger partial charge on any atom is 0.407 e. The summed E-state index contributed by atoms with van der Waals surface area (Å²) in [5.74, 6) is 1.68. The number of aromatic nitrogens is 4. The van der Waals surface area contributed by atoms with Crippen molar-refractivity contribution in [1.29, 1.82) is 0 Å². The van der Waals surface area contributed by atoms with Crippen molar-refractivity contribution in [3.63, 3.8) is 0 Å². The van der Waals surface area contributed by atoms with Crippen molar-refractivity contribution < 1.29 is 33.4 Å². The number of nitrogens with one attached hydrogen (secondary N) is 4. The minimum absolute atomic E-state index is 0.126. The van der Waals surface area contributed by atoms with Gasteiger partial charge in [-0.2, -0.15) is 0 Å². The van der Waals surface area contributed by atoms with E-state index in [2.05, 4.69) is 57.0 Å². The third-order valence-corrected chi connectivity index (χ3v) is 12.2. The first kappa shape index (κ1) is 39.6. The van der Waals surface area contributed by atoms with E-state index in [1.54, 1.807) is 11.1 Å². The molecule has 4 aromatic carbocycles. The highest BCUT2D eigenvalue weighted by atomic mass is 16.5. The highest BCUT2D eigenvalue weighted by Gasteiger charge is 2.39. The molecule has 0 radical (unpaired) electrons. The van der Waals surface area contributed by atoms with Crippen molar-refractivity contribution in [1.82, 2.24) is 40.4 Å². The summed E-state index contributed by atoms with van der Waals surface area (Å²) in [5.41, 5.74) is 7.23. The van der Waals surface area contributed by atoms with Gasteiger partial charge in [0.25, 0.3) is 5.91 Å². The number of aromatic amines is 2. The Labute approximate surface area is 352 Å². The lowest BCUT2D eigenvalue weighted by molar-refractivity contribution is -0.135. The summed E-state index contributed by atoms with van der Waals surface area (Å²) in [5, 5.41) is 7.43. The summed E-state index contributed by atoms with van der Waals surface area (Å²) >= 11 is 0. The lowest BCUT2D eigenvalue weighted by Gasteiger charge is -2.29. The number of carbonyl (C=O) groups is 4. The summed E-state index contributed by atoms with van der Waals surface area (Å²) in [6.45, 7) is 5.30. The van der Waals surface area contributed by atoms with E-state index >= 15 is 0 Å². The first-order chi connectivity index (χ1) is 29.6. The van der Waals surface area contributed by atoms with E-state index in [1.807, 2.05) is 55.1 Å².